The van der Waals surface area contributed by atoms with E-state index in [1.54, 1.807) is 6.92 Å². The van der Waals surface area contributed by atoms with Gasteiger partial charge in [-0.15, -0.1) is 0 Å². The van der Waals surface area contributed by atoms with Gasteiger partial charge in [-0.25, -0.2) is 21.6 Å². The Morgan fingerprint density at radius 1 is 1.16 bits per heavy atom. The second-order valence-electron chi connectivity index (χ2n) is 7.69. The van der Waals surface area contributed by atoms with Crippen LogP contribution < -0.4 is 4.74 Å². The summed E-state index contributed by atoms with van der Waals surface area (Å²) in [7, 11) is -4.21. The molecule has 1 heterocycles. The molecular formula is C22H22F3NO4S. The van der Waals surface area contributed by atoms with Crippen molar-refractivity contribution in [3.8, 4) is 5.75 Å². The third-order valence-corrected chi connectivity index (χ3v) is 8.62. The number of hydrogen-bond donors (Lipinski definition) is 0. The Morgan fingerprint density at radius 2 is 1.87 bits per heavy atom. The van der Waals surface area contributed by atoms with Gasteiger partial charge in [-0.2, -0.15) is 0 Å². The highest BCUT2D eigenvalue weighted by Crippen LogP contribution is 2.56. The highest BCUT2D eigenvalue weighted by Gasteiger charge is 2.59. The van der Waals surface area contributed by atoms with Crippen molar-refractivity contribution in [2.75, 3.05) is 13.2 Å². The van der Waals surface area contributed by atoms with E-state index in [1.807, 2.05) is 0 Å². The van der Waals surface area contributed by atoms with Gasteiger partial charge >= 0.3 is 0 Å². The van der Waals surface area contributed by atoms with Crippen LogP contribution in [0.1, 0.15) is 37.3 Å². The average Bonchev–Trinajstić information content (AvgIpc) is 2.79. The summed E-state index contributed by atoms with van der Waals surface area (Å²) >= 11 is 0. The molecule has 1 fully saturated rings. The summed E-state index contributed by atoms with van der Waals surface area (Å²) in [6.07, 6.45) is 0.443. The molecule has 2 aromatic carbocycles. The van der Waals surface area contributed by atoms with Gasteiger partial charge in [-0.3, -0.25) is 0 Å². The number of oxime groups is 1. The van der Waals surface area contributed by atoms with E-state index in [9.17, 15) is 17.2 Å². The first-order valence-electron chi connectivity index (χ1n) is 10.0. The maximum atomic E-state index is 15.1. The molecule has 0 spiro atoms. The molecule has 1 saturated carbocycles. The van der Waals surface area contributed by atoms with Crippen LogP contribution in [-0.2, 0) is 26.1 Å². The molecule has 1 aliphatic carbocycles. The minimum atomic E-state index is -4.21. The van der Waals surface area contributed by atoms with Gasteiger partial charge in [0.2, 0.25) is 0 Å². The fourth-order valence-electron chi connectivity index (χ4n) is 4.56. The van der Waals surface area contributed by atoms with Crippen LogP contribution in [0.5, 0.6) is 5.75 Å². The van der Waals surface area contributed by atoms with Gasteiger partial charge in [0.15, 0.2) is 21.4 Å². The number of hydrogen-bond acceptors (Lipinski definition) is 5. The molecule has 0 N–H and O–H groups in total. The number of rotatable bonds is 5. The summed E-state index contributed by atoms with van der Waals surface area (Å²) in [4.78, 5) is 5.05. The summed E-state index contributed by atoms with van der Waals surface area (Å²) < 4.78 is 74.3. The molecule has 2 atom stereocenters. The zero-order valence-corrected chi connectivity index (χ0v) is 17.7. The third kappa shape index (κ3) is 3.39. The molecule has 1 aliphatic heterocycles. The van der Waals surface area contributed by atoms with E-state index in [1.165, 1.54) is 24.3 Å². The largest absolute Gasteiger partial charge is 0.490 e. The second kappa shape index (κ2) is 8.18. The molecule has 0 radical (unpaired) electrons. The highest BCUT2D eigenvalue weighted by atomic mass is 32.2. The van der Waals surface area contributed by atoms with Crippen molar-refractivity contribution >= 4 is 15.5 Å². The smallest absolute Gasteiger partial charge is 0.188 e. The Hall–Kier alpha value is -2.55. The first-order chi connectivity index (χ1) is 14.8. The number of fused-ring (bicyclic) bond motifs is 3. The SMILES string of the molecule is CCO/N=C1/CC[C@@]2(S(=O)(=O)c3ccc(CF)cc3)c3c(F)ccc(F)c3OC[C@H]2C1. The summed E-state index contributed by atoms with van der Waals surface area (Å²) in [6, 6.07) is 7.23. The lowest BCUT2D eigenvalue weighted by atomic mass is 9.72. The summed E-state index contributed by atoms with van der Waals surface area (Å²) in [5, 5.41) is 4.05. The van der Waals surface area contributed by atoms with Crippen LogP contribution in [0.2, 0.25) is 0 Å². The van der Waals surface area contributed by atoms with Crippen molar-refractivity contribution < 1.29 is 31.2 Å². The number of alkyl halides is 1. The minimum Gasteiger partial charge on any atom is -0.490 e. The van der Waals surface area contributed by atoms with Crippen molar-refractivity contribution in [2.24, 2.45) is 11.1 Å². The van der Waals surface area contributed by atoms with Crippen LogP contribution in [0.25, 0.3) is 0 Å². The number of ether oxygens (including phenoxy) is 1. The Bertz CT molecular complexity index is 1120. The molecule has 9 heteroatoms. The van der Waals surface area contributed by atoms with Crippen molar-refractivity contribution in [3.05, 3.63) is 59.2 Å². The van der Waals surface area contributed by atoms with E-state index >= 15 is 4.39 Å². The molecule has 31 heavy (non-hydrogen) atoms. The van der Waals surface area contributed by atoms with Gasteiger partial charge in [0.1, 0.15) is 23.8 Å². The normalized spacial score (nSPS) is 24.3. The second-order valence-corrected chi connectivity index (χ2v) is 9.90. The number of halogens is 3. The molecule has 4 rings (SSSR count). The van der Waals surface area contributed by atoms with E-state index in [-0.39, 0.29) is 42.1 Å². The number of sulfone groups is 1. The molecule has 5 nitrogen and oxygen atoms in total. The predicted octanol–water partition coefficient (Wildman–Crippen LogP) is 4.69. The van der Waals surface area contributed by atoms with Crippen LogP contribution in [0.4, 0.5) is 13.2 Å². The van der Waals surface area contributed by atoms with Gasteiger partial charge in [-0.05, 0) is 56.0 Å². The van der Waals surface area contributed by atoms with Crippen LogP contribution >= 0.6 is 0 Å². The Balaban J connectivity index is 1.92. The zero-order valence-electron chi connectivity index (χ0n) is 16.9. The van der Waals surface area contributed by atoms with Crippen LogP contribution in [0, 0.1) is 17.6 Å². The Morgan fingerprint density at radius 3 is 2.55 bits per heavy atom. The molecule has 0 saturated heterocycles. The average molecular weight is 453 g/mol. The fourth-order valence-corrected chi connectivity index (χ4v) is 6.89. The Kier molecular flexibility index (Phi) is 5.72. The maximum absolute atomic E-state index is 15.1. The number of nitrogens with zero attached hydrogens (tertiary/aromatic N) is 1. The van der Waals surface area contributed by atoms with E-state index in [0.29, 0.717) is 17.9 Å². The van der Waals surface area contributed by atoms with Crippen molar-refractivity contribution in [2.45, 2.75) is 42.5 Å². The summed E-state index contributed by atoms with van der Waals surface area (Å²) in [5.41, 5.74) is 0.690. The summed E-state index contributed by atoms with van der Waals surface area (Å²) in [5.74, 6) is -2.72. The van der Waals surface area contributed by atoms with E-state index in [4.69, 9.17) is 9.57 Å². The molecule has 0 unspecified atom stereocenters. The van der Waals surface area contributed by atoms with Crippen LogP contribution in [0.15, 0.2) is 46.4 Å². The quantitative estimate of drug-likeness (QED) is 0.617. The van der Waals surface area contributed by atoms with Crippen LogP contribution in [0.3, 0.4) is 0 Å². The van der Waals surface area contributed by atoms with Gasteiger partial charge < -0.3 is 9.57 Å². The molecular weight excluding hydrogens is 431 g/mol. The monoisotopic (exact) mass is 453 g/mol. The maximum Gasteiger partial charge on any atom is 0.188 e. The molecule has 0 amide bonds. The van der Waals surface area contributed by atoms with E-state index in [0.717, 1.165) is 12.1 Å². The summed E-state index contributed by atoms with van der Waals surface area (Å²) in [6.45, 7) is 1.29. The zero-order chi connectivity index (χ0) is 22.2. The van der Waals surface area contributed by atoms with Crippen molar-refractivity contribution in [1.82, 2.24) is 0 Å². The van der Waals surface area contributed by atoms with Gasteiger partial charge in [-0.1, -0.05) is 17.3 Å². The first kappa shape index (κ1) is 21.7. The predicted molar refractivity (Wildman–Crippen MR) is 108 cm³/mol. The lowest BCUT2D eigenvalue weighted by molar-refractivity contribution is 0.137. The van der Waals surface area contributed by atoms with Gasteiger partial charge in [0.25, 0.3) is 0 Å². The van der Waals surface area contributed by atoms with E-state index < -0.39 is 38.8 Å². The van der Waals surface area contributed by atoms with Gasteiger partial charge in [0.05, 0.1) is 22.8 Å². The molecule has 0 aromatic heterocycles. The molecule has 166 valence electrons. The van der Waals surface area contributed by atoms with Crippen LogP contribution in [-0.4, -0.2) is 27.3 Å². The fraction of sp³-hybridized carbons (Fsp3) is 0.409. The molecule has 2 aromatic rings. The van der Waals surface area contributed by atoms with Crippen molar-refractivity contribution in [3.63, 3.8) is 0 Å². The minimum absolute atomic E-state index is 0.00644. The lowest BCUT2D eigenvalue weighted by Crippen LogP contribution is -2.52. The molecule has 2 aliphatic rings. The topological polar surface area (TPSA) is 65.0 Å². The molecule has 0 bridgehead atoms. The number of benzene rings is 2. The third-order valence-electron chi connectivity index (χ3n) is 6.03. The van der Waals surface area contributed by atoms with Gasteiger partial charge in [0, 0.05) is 5.92 Å². The van der Waals surface area contributed by atoms with E-state index in [2.05, 4.69) is 5.16 Å². The Labute approximate surface area is 178 Å². The standard InChI is InChI=1S/C22H22F3NO4S/c1-2-30-26-16-9-10-22(31(27,28)17-5-3-14(12-23)4-6-17)15(11-16)13-29-21-19(25)8-7-18(24)20(21)22/h3-8,15H,2,9-13H2,1H3/b26-16-/t15-,22+/m1/s1. The highest BCUT2D eigenvalue weighted by molar-refractivity contribution is 7.92. The lowest BCUT2D eigenvalue weighted by Gasteiger charge is -2.47. The van der Waals surface area contributed by atoms with Crippen molar-refractivity contribution in [1.29, 1.82) is 0 Å². The first-order valence-corrected chi connectivity index (χ1v) is 11.5.